The van der Waals surface area contributed by atoms with Crippen LogP contribution in [0, 0.1) is 0 Å². The van der Waals surface area contributed by atoms with Crippen LogP contribution >= 0.6 is 0 Å². The lowest BCUT2D eigenvalue weighted by Gasteiger charge is -2.01. The zero-order valence-electron chi connectivity index (χ0n) is 12.4. The summed E-state index contributed by atoms with van der Waals surface area (Å²) in [5.74, 6) is -0.155. The normalized spacial score (nSPS) is 10.8. The molecule has 3 rings (SSSR count). The van der Waals surface area contributed by atoms with Gasteiger partial charge < -0.3 is 0 Å². The molecule has 0 radical (unpaired) electrons. The summed E-state index contributed by atoms with van der Waals surface area (Å²) in [6.07, 6.45) is 3.57. The van der Waals surface area contributed by atoms with Crippen molar-refractivity contribution in [2.45, 2.75) is 6.42 Å². The molecule has 2 aromatic carbocycles. The maximum atomic E-state index is 11.8. The lowest BCUT2D eigenvalue weighted by Crippen LogP contribution is -2.19. The fourth-order valence-corrected chi connectivity index (χ4v) is 2.22. The van der Waals surface area contributed by atoms with Crippen molar-refractivity contribution in [1.82, 2.24) is 15.6 Å². The fourth-order valence-electron chi connectivity index (χ4n) is 2.22. The summed E-state index contributed by atoms with van der Waals surface area (Å²) in [7, 11) is 0. The average molecular weight is 304 g/mol. The predicted octanol–water partition coefficient (Wildman–Crippen LogP) is 2.77. The van der Waals surface area contributed by atoms with Crippen LogP contribution in [-0.2, 0) is 11.2 Å². The molecule has 1 aromatic heterocycles. The van der Waals surface area contributed by atoms with E-state index in [1.54, 1.807) is 12.4 Å². The lowest BCUT2D eigenvalue weighted by atomic mass is 10.1. The number of H-pyrrole nitrogens is 1. The summed E-state index contributed by atoms with van der Waals surface area (Å²) in [6, 6.07) is 19.4. The molecular formula is C18H16N4O. The minimum Gasteiger partial charge on any atom is -0.277 e. The first-order valence-corrected chi connectivity index (χ1v) is 7.27. The van der Waals surface area contributed by atoms with Crippen molar-refractivity contribution in [3.8, 4) is 11.3 Å². The highest BCUT2D eigenvalue weighted by Crippen LogP contribution is 2.18. The van der Waals surface area contributed by atoms with Gasteiger partial charge in [-0.3, -0.25) is 9.89 Å². The first kappa shape index (κ1) is 14.7. The van der Waals surface area contributed by atoms with Crippen LogP contribution in [0.4, 0.5) is 0 Å². The number of rotatable bonds is 5. The van der Waals surface area contributed by atoms with Crippen LogP contribution in [0.25, 0.3) is 11.3 Å². The van der Waals surface area contributed by atoms with Gasteiger partial charge in [0.1, 0.15) is 0 Å². The molecule has 1 amide bonds. The second-order valence-electron chi connectivity index (χ2n) is 5.02. The molecule has 3 aromatic rings. The molecule has 0 saturated heterocycles. The summed E-state index contributed by atoms with van der Waals surface area (Å²) < 4.78 is 0. The molecule has 0 unspecified atom stereocenters. The van der Waals surface area contributed by atoms with Gasteiger partial charge in [0.15, 0.2) is 0 Å². The van der Waals surface area contributed by atoms with Gasteiger partial charge in [-0.15, -0.1) is 0 Å². The summed E-state index contributed by atoms with van der Waals surface area (Å²) in [5, 5.41) is 11.0. The number of hydrazone groups is 1. The van der Waals surface area contributed by atoms with Crippen molar-refractivity contribution in [2.24, 2.45) is 5.10 Å². The first-order valence-electron chi connectivity index (χ1n) is 7.27. The highest BCUT2D eigenvalue weighted by Gasteiger charge is 2.05. The van der Waals surface area contributed by atoms with E-state index in [2.05, 4.69) is 20.7 Å². The fraction of sp³-hybridized carbons (Fsp3) is 0.0556. The SMILES string of the molecule is O=C(Cc1ccccc1)NN=Cc1cn[nH]c1-c1ccccc1. The zero-order chi connectivity index (χ0) is 15.9. The zero-order valence-corrected chi connectivity index (χ0v) is 12.4. The van der Waals surface area contributed by atoms with Gasteiger partial charge in [0.05, 0.1) is 24.5 Å². The molecule has 0 fully saturated rings. The third kappa shape index (κ3) is 3.91. The topological polar surface area (TPSA) is 70.1 Å². The lowest BCUT2D eigenvalue weighted by molar-refractivity contribution is -0.120. The molecule has 114 valence electrons. The highest BCUT2D eigenvalue weighted by molar-refractivity contribution is 5.89. The predicted molar refractivity (Wildman–Crippen MR) is 89.9 cm³/mol. The Hall–Kier alpha value is -3.21. The van der Waals surface area contributed by atoms with E-state index in [0.717, 1.165) is 22.4 Å². The number of carbonyl (C=O) groups is 1. The van der Waals surface area contributed by atoms with Crippen molar-refractivity contribution in [3.05, 3.63) is 78.0 Å². The van der Waals surface area contributed by atoms with Crippen LogP contribution in [0.3, 0.4) is 0 Å². The number of hydrogen-bond acceptors (Lipinski definition) is 3. The molecular weight excluding hydrogens is 288 g/mol. The maximum absolute atomic E-state index is 11.8. The monoisotopic (exact) mass is 304 g/mol. The first-order chi connectivity index (χ1) is 11.3. The minimum absolute atomic E-state index is 0.155. The smallest absolute Gasteiger partial charge is 0.244 e. The van der Waals surface area contributed by atoms with Gasteiger partial charge in [-0.1, -0.05) is 60.7 Å². The van der Waals surface area contributed by atoms with E-state index in [0.29, 0.717) is 6.42 Å². The van der Waals surface area contributed by atoms with Gasteiger partial charge in [0, 0.05) is 11.1 Å². The van der Waals surface area contributed by atoms with Gasteiger partial charge >= 0.3 is 0 Å². The average Bonchev–Trinajstić information content (AvgIpc) is 3.05. The van der Waals surface area contributed by atoms with Gasteiger partial charge in [0.25, 0.3) is 0 Å². The van der Waals surface area contributed by atoms with Crippen molar-refractivity contribution in [1.29, 1.82) is 0 Å². The van der Waals surface area contributed by atoms with E-state index >= 15 is 0 Å². The van der Waals surface area contributed by atoms with E-state index in [4.69, 9.17) is 0 Å². The summed E-state index contributed by atoms with van der Waals surface area (Å²) in [6.45, 7) is 0. The molecule has 0 spiro atoms. The third-order valence-corrected chi connectivity index (χ3v) is 3.33. The second kappa shape index (κ2) is 7.17. The molecule has 2 N–H and O–H groups in total. The number of aromatic amines is 1. The number of carbonyl (C=O) groups excluding carboxylic acids is 1. The van der Waals surface area contributed by atoms with Gasteiger partial charge in [0.2, 0.25) is 5.91 Å². The van der Waals surface area contributed by atoms with E-state index in [9.17, 15) is 4.79 Å². The van der Waals surface area contributed by atoms with E-state index < -0.39 is 0 Å². The maximum Gasteiger partial charge on any atom is 0.244 e. The summed E-state index contributed by atoms with van der Waals surface area (Å²) in [5.41, 5.74) is 6.19. The van der Waals surface area contributed by atoms with Crippen LogP contribution in [0.2, 0.25) is 0 Å². The minimum atomic E-state index is -0.155. The molecule has 0 saturated carbocycles. The van der Waals surface area contributed by atoms with Crippen LogP contribution in [-0.4, -0.2) is 22.3 Å². The quantitative estimate of drug-likeness (QED) is 0.562. The number of benzene rings is 2. The Morgan fingerprint density at radius 3 is 2.52 bits per heavy atom. The Morgan fingerprint density at radius 1 is 1.09 bits per heavy atom. The Bertz CT molecular complexity index is 794. The van der Waals surface area contributed by atoms with Crippen LogP contribution in [0.5, 0.6) is 0 Å². The standard InChI is InChI=1S/C18H16N4O/c23-17(11-14-7-3-1-4-8-14)21-19-12-16-13-20-22-18(16)15-9-5-2-6-10-15/h1-10,12-13H,11H2,(H,20,22)(H,21,23). The Kier molecular flexibility index (Phi) is 4.59. The molecule has 5 heteroatoms. The van der Waals surface area contributed by atoms with E-state index in [1.807, 2.05) is 60.7 Å². The van der Waals surface area contributed by atoms with Crippen LogP contribution < -0.4 is 5.43 Å². The van der Waals surface area contributed by atoms with Crippen molar-refractivity contribution < 1.29 is 4.79 Å². The highest BCUT2D eigenvalue weighted by atomic mass is 16.2. The molecule has 5 nitrogen and oxygen atoms in total. The number of nitrogens with zero attached hydrogens (tertiary/aromatic N) is 2. The Morgan fingerprint density at radius 2 is 1.78 bits per heavy atom. The van der Waals surface area contributed by atoms with Crippen LogP contribution in [0.1, 0.15) is 11.1 Å². The molecule has 0 aliphatic rings. The number of nitrogens with one attached hydrogen (secondary N) is 2. The van der Waals surface area contributed by atoms with Gasteiger partial charge in [-0.25, -0.2) is 5.43 Å². The Balaban J connectivity index is 1.63. The molecule has 0 atom stereocenters. The number of hydrogen-bond donors (Lipinski definition) is 2. The Labute approximate surface area is 134 Å². The van der Waals surface area contributed by atoms with Crippen molar-refractivity contribution in [2.75, 3.05) is 0 Å². The third-order valence-electron chi connectivity index (χ3n) is 3.33. The van der Waals surface area contributed by atoms with Crippen molar-refractivity contribution >= 4 is 12.1 Å². The number of amides is 1. The van der Waals surface area contributed by atoms with Crippen LogP contribution in [0.15, 0.2) is 72.0 Å². The molecule has 0 bridgehead atoms. The van der Waals surface area contributed by atoms with E-state index in [1.165, 1.54) is 0 Å². The largest absolute Gasteiger partial charge is 0.277 e. The molecule has 1 heterocycles. The number of aromatic nitrogens is 2. The van der Waals surface area contributed by atoms with E-state index in [-0.39, 0.29) is 5.91 Å². The van der Waals surface area contributed by atoms with Gasteiger partial charge in [-0.05, 0) is 5.56 Å². The second-order valence-corrected chi connectivity index (χ2v) is 5.02. The molecule has 23 heavy (non-hydrogen) atoms. The summed E-state index contributed by atoms with van der Waals surface area (Å²) >= 11 is 0. The molecule has 0 aliphatic heterocycles. The van der Waals surface area contributed by atoms with Gasteiger partial charge in [-0.2, -0.15) is 10.2 Å². The molecule has 0 aliphatic carbocycles. The van der Waals surface area contributed by atoms with Crippen molar-refractivity contribution in [3.63, 3.8) is 0 Å². The summed E-state index contributed by atoms with van der Waals surface area (Å²) in [4.78, 5) is 11.8.